The predicted octanol–water partition coefficient (Wildman–Crippen LogP) is 0.902. The molecule has 1 amide bonds. The van der Waals surface area contributed by atoms with E-state index in [0.29, 0.717) is 35.7 Å². The van der Waals surface area contributed by atoms with Crippen molar-refractivity contribution in [1.29, 1.82) is 0 Å². The molecule has 12 heteroatoms. The first-order valence-corrected chi connectivity index (χ1v) is 9.97. The van der Waals surface area contributed by atoms with E-state index >= 15 is 0 Å². The Labute approximate surface area is 171 Å². The van der Waals surface area contributed by atoms with E-state index < -0.39 is 11.2 Å². The van der Waals surface area contributed by atoms with E-state index in [0.717, 1.165) is 10.2 Å². The zero-order valence-corrected chi connectivity index (χ0v) is 16.6. The Kier molecular flexibility index (Phi) is 4.28. The summed E-state index contributed by atoms with van der Waals surface area (Å²) in [6, 6.07) is 3.65. The van der Waals surface area contributed by atoms with Crippen molar-refractivity contribution in [2.45, 2.75) is 12.8 Å². The summed E-state index contributed by atoms with van der Waals surface area (Å²) >= 11 is 1.34. The van der Waals surface area contributed by atoms with Crippen LogP contribution in [0.3, 0.4) is 0 Å². The van der Waals surface area contributed by atoms with Crippen LogP contribution in [0.15, 0.2) is 21.7 Å². The Morgan fingerprint density at radius 2 is 1.97 bits per heavy atom. The number of ether oxygens (including phenoxy) is 2. The monoisotopic (exact) mass is 428 g/mol. The number of thiazole rings is 1. The maximum absolute atomic E-state index is 12.4. The van der Waals surface area contributed by atoms with Gasteiger partial charge < -0.3 is 19.8 Å². The number of aromatic amines is 2. The van der Waals surface area contributed by atoms with Crippen LogP contribution >= 0.6 is 11.3 Å². The summed E-state index contributed by atoms with van der Waals surface area (Å²) in [4.78, 5) is 49.7. The molecule has 5 rings (SSSR count). The number of hydrogen-bond acceptors (Lipinski definition) is 8. The Balaban J connectivity index is 1.30. The van der Waals surface area contributed by atoms with Gasteiger partial charge in [0, 0.05) is 32.0 Å². The second-order valence-electron chi connectivity index (χ2n) is 6.73. The smallest absolute Gasteiger partial charge is 0.329 e. The summed E-state index contributed by atoms with van der Waals surface area (Å²) in [7, 11) is 1.51. The largest absolute Gasteiger partial charge is 0.486 e. The van der Waals surface area contributed by atoms with Crippen LogP contribution in [0.25, 0.3) is 21.4 Å². The average Bonchev–Trinajstić information content (AvgIpc) is 3.32. The molecule has 0 bridgehead atoms. The lowest BCUT2D eigenvalue weighted by Crippen LogP contribution is -2.28. The van der Waals surface area contributed by atoms with Crippen LogP contribution in [0.2, 0.25) is 0 Å². The molecule has 3 N–H and O–H groups in total. The number of imidazole rings is 1. The topological polar surface area (TPSA) is 144 Å². The summed E-state index contributed by atoms with van der Waals surface area (Å²) in [5.41, 5.74) is 0.0841. The van der Waals surface area contributed by atoms with Gasteiger partial charge in [0.15, 0.2) is 22.3 Å². The van der Waals surface area contributed by atoms with Crippen molar-refractivity contribution in [3.63, 3.8) is 0 Å². The molecule has 0 saturated heterocycles. The van der Waals surface area contributed by atoms with Gasteiger partial charge in [-0.1, -0.05) is 11.3 Å². The van der Waals surface area contributed by atoms with Crippen molar-refractivity contribution in [2.24, 2.45) is 7.05 Å². The minimum Gasteiger partial charge on any atom is -0.486 e. The number of amides is 1. The highest BCUT2D eigenvalue weighted by Gasteiger charge is 2.17. The number of fused-ring (bicyclic) bond motifs is 3. The number of carbonyl (C=O) groups excluding carboxylic acids is 1. The number of hydrogen-bond donors (Lipinski definition) is 3. The molecule has 0 saturated carbocycles. The Bertz CT molecular complexity index is 1370. The van der Waals surface area contributed by atoms with Crippen molar-refractivity contribution in [2.75, 3.05) is 18.5 Å². The van der Waals surface area contributed by atoms with Gasteiger partial charge in [-0.2, -0.15) is 0 Å². The van der Waals surface area contributed by atoms with Crippen molar-refractivity contribution >= 4 is 43.8 Å². The molecule has 4 heterocycles. The van der Waals surface area contributed by atoms with E-state index in [2.05, 4.69) is 25.3 Å². The maximum Gasteiger partial charge on any atom is 0.329 e. The molecule has 30 heavy (non-hydrogen) atoms. The fourth-order valence-electron chi connectivity index (χ4n) is 3.20. The highest BCUT2D eigenvalue weighted by molar-refractivity contribution is 7.22. The lowest BCUT2D eigenvalue weighted by atomic mass is 10.3. The minimum atomic E-state index is -0.545. The molecule has 1 aromatic carbocycles. The number of nitrogens with zero attached hydrogens (tertiary/aromatic N) is 3. The molecule has 4 aromatic rings. The van der Waals surface area contributed by atoms with E-state index in [1.807, 2.05) is 6.07 Å². The first kappa shape index (κ1) is 18.4. The SMILES string of the molecule is Cn1c(=O)[nH]c(=O)c2[nH]c(CCC(=O)Nc3nc4cc5c(cc4s3)OCCO5)nc21. The highest BCUT2D eigenvalue weighted by atomic mass is 32.1. The van der Waals surface area contributed by atoms with Crippen molar-refractivity contribution in [3.05, 3.63) is 38.8 Å². The van der Waals surface area contributed by atoms with E-state index in [1.54, 1.807) is 6.07 Å². The third-order valence-electron chi connectivity index (χ3n) is 4.69. The summed E-state index contributed by atoms with van der Waals surface area (Å²) in [6.45, 7) is 0.997. The standard InChI is InChI=1S/C18H16N6O5S/c1-24-15-14(16(26)23-18(24)27)20-12(21-15)2-3-13(25)22-17-19-8-6-9-10(7-11(8)30-17)29-5-4-28-9/h6-7H,2-5H2,1H3,(H,20,21)(H,19,22,25)(H,23,26,27). The molecule has 0 atom stereocenters. The number of carbonyl (C=O) groups is 1. The van der Waals surface area contributed by atoms with Gasteiger partial charge in [-0.15, -0.1) is 0 Å². The zero-order chi connectivity index (χ0) is 20.8. The van der Waals surface area contributed by atoms with Crippen molar-refractivity contribution in [3.8, 4) is 11.5 Å². The predicted molar refractivity (Wildman–Crippen MR) is 110 cm³/mol. The van der Waals surface area contributed by atoms with Crippen LogP contribution in [0.5, 0.6) is 11.5 Å². The Morgan fingerprint density at radius 1 is 1.20 bits per heavy atom. The van der Waals surface area contributed by atoms with Crippen LogP contribution in [0, 0.1) is 0 Å². The fourth-order valence-corrected chi connectivity index (χ4v) is 4.10. The van der Waals surface area contributed by atoms with Crippen LogP contribution in [0.4, 0.5) is 5.13 Å². The van der Waals surface area contributed by atoms with Gasteiger partial charge in [0.05, 0.1) is 10.2 Å². The van der Waals surface area contributed by atoms with Gasteiger partial charge in [0.1, 0.15) is 24.6 Å². The number of aromatic nitrogens is 5. The van der Waals surface area contributed by atoms with Crippen LogP contribution in [0.1, 0.15) is 12.2 Å². The molecule has 0 spiro atoms. The number of aryl methyl sites for hydroxylation is 2. The fraction of sp³-hybridized carbons (Fsp3) is 0.278. The molecule has 11 nitrogen and oxygen atoms in total. The van der Waals surface area contributed by atoms with Gasteiger partial charge in [0.25, 0.3) is 5.56 Å². The molecular formula is C18H16N6O5S. The second-order valence-corrected chi connectivity index (χ2v) is 7.76. The number of anilines is 1. The van der Waals surface area contributed by atoms with Gasteiger partial charge in [-0.25, -0.2) is 14.8 Å². The molecule has 0 unspecified atom stereocenters. The summed E-state index contributed by atoms with van der Waals surface area (Å²) in [6.07, 6.45) is 0.402. The number of benzene rings is 1. The van der Waals surface area contributed by atoms with E-state index in [1.165, 1.54) is 23.0 Å². The zero-order valence-electron chi connectivity index (χ0n) is 15.8. The molecule has 3 aromatic heterocycles. The second kappa shape index (κ2) is 6.99. The van der Waals surface area contributed by atoms with Crippen LogP contribution < -0.4 is 26.0 Å². The molecule has 154 valence electrons. The van der Waals surface area contributed by atoms with E-state index in [9.17, 15) is 14.4 Å². The summed E-state index contributed by atoms with van der Waals surface area (Å²) in [5.74, 6) is 1.52. The minimum absolute atomic E-state index is 0.129. The Hall–Kier alpha value is -3.67. The maximum atomic E-state index is 12.4. The van der Waals surface area contributed by atoms with Gasteiger partial charge in [-0.3, -0.25) is 19.1 Å². The van der Waals surface area contributed by atoms with E-state index in [4.69, 9.17) is 9.47 Å². The Morgan fingerprint density at radius 3 is 2.77 bits per heavy atom. The summed E-state index contributed by atoms with van der Waals surface area (Å²) in [5, 5.41) is 3.25. The van der Waals surface area contributed by atoms with Crippen LogP contribution in [-0.2, 0) is 18.3 Å². The third-order valence-corrected chi connectivity index (χ3v) is 5.62. The lowest BCUT2D eigenvalue weighted by molar-refractivity contribution is -0.116. The van der Waals surface area contributed by atoms with Gasteiger partial charge >= 0.3 is 5.69 Å². The van der Waals surface area contributed by atoms with Crippen molar-refractivity contribution in [1.82, 2.24) is 24.5 Å². The van der Waals surface area contributed by atoms with Crippen molar-refractivity contribution < 1.29 is 14.3 Å². The molecule has 1 aliphatic heterocycles. The van der Waals surface area contributed by atoms with Gasteiger partial charge in [-0.05, 0) is 0 Å². The first-order chi connectivity index (χ1) is 14.5. The number of H-pyrrole nitrogens is 2. The lowest BCUT2D eigenvalue weighted by Gasteiger charge is -2.17. The average molecular weight is 428 g/mol. The first-order valence-electron chi connectivity index (χ1n) is 9.16. The van der Waals surface area contributed by atoms with E-state index in [-0.39, 0.29) is 29.9 Å². The molecular weight excluding hydrogens is 412 g/mol. The molecule has 0 aliphatic carbocycles. The third kappa shape index (κ3) is 3.20. The molecule has 0 fully saturated rings. The van der Waals surface area contributed by atoms with Gasteiger partial charge in [0.2, 0.25) is 5.91 Å². The molecule has 1 aliphatic rings. The number of rotatable bonds is 4. The highest BCUT2D eigenvalue weighted by Crippen LogP contribution is 2.37. The number of nitrogens with one attached hydrogen (secondary N) is 3. The quantitative estimate of drug-likeness (QED) is 0.438. The summed E-state index contributed by atoms with van der Waals surface area (Å²) < 4.78 is 13.2. The van der Waals surface area contributed by atoms with Crippen LogP contribution in [-0.4, -0.2) is 43.6 Å². The normalized spacial score (nSPS) is 13.1. The molecule has 0 radical (unpaired) electrons.